The van der Waals surface area contributed by atoms with E-state index in [4.69, 9.17) is 29.6 Å². The number of terminal acetylenes is 1. The summed E-state index contributed by atoms with van der Waals surface area (Å²) in [6, 6.07) is 2.16. The Morgan fingerprint density at radius 2 is 2.17 bits per heavy atom. The third kappa shape index (κ3) is 2.92. The van der Waals surface area contributed by atoms with Gasteiger partial charge in [0.15, 0.2) is 0 Å². The van der Waals surface area contributed by atoms with Gasteiger partial charge in [-0.25, -0.2) is 0 Å². The second-order valence-electron chi connectivity index (χ2n) is 3.41. The van der Waals surface area contributed by atoms with E-state index in [9.17, 15) is 14.9 Å². The Labute approximate surface area is 113 Å². The van der Waals surface area contributed by atoms with Crippen LogP contribution >= 0.6 is 23.2 Å². The molecule has 18 heavy (non-hydrogen) atoms. The van der Waals surface area contributed by atoms with Gasteiger partial charge in [-0.05, 0) is 0 Å². The smallest absolute Gasteiger partial charge is 0.271 e. The van der Waals surface area contributed by atoms with Crippen molar-refractivity contribution in [3.63, 3.8) is 0 Å². The van der Waals surface area contributed by atoms with Gasteiger partial charge in [0.1, 0.15) is 0 Å². The third-order valence-corrected chi connectivity index (χ3v) is 2.93. The summed E-state index contributed by atoms with van der Waals surface area (Å²) in [6.07, 6.45) is 5.08. The molecule has 1 amide bonds. The van der Waals surface area contributed by atoms with E-state index in [0.717, 1.165) is 12.1 Å². The van der Waals surface area contributed by atoms with Crippen molar-refractivity contribution in [1.82, 2.24) is 4.90 Å². The van der Waals surface area contributed by atoms with Crippen molar-refractivity contribution in [2.24, 2.45) is 0 Å². The highest BCUT2D eigenvalue weighted by Crippen LogP contribution is 2.31. The number of nitro benzene ring substituents is 1. The number of rotatable bonds is 3. The van der Waals surface area contributed by atoms with Gasteiger partial charge in [-0.15, -0.1) is 6.42 Å². The van der Waals surface area contributed by atoms with E-state index >= 15 is 0 Å². The zero-order valence-electron chi connectivity index (χ0n) is 9.31. The highest BCUT2D eigenvalue weighted by atomic mass is 35.5. The first-order valence-corrected chi connectivity index (χ1v) is 5.46. The number of carbonyl (C=O) groups is 1. The molecule has 1 aromatic carbocycles. The molecule has 0 heterocycles. The van der Waals surface area contributed by atoms with E-state index < -0.39 is 10.8 Å². The Bertz CT molecular complexity index is 552. The Morgan fingerprint density at radius 3 is 2.67 bits per heavy atom. The van der Waals surface area contributed by atoms with Crippen LogP contribution in [0.3, 0.4) is 0 Å². The number of hydrogen-bond donors (Lipinski definition) is 0. The molecule has 0 aliphatic rings. The molecule has 0 bridgehead atoms. The molecule has 5 nitrogen and oxygen atoms in total. The second-order valence-corrected chi connectivity index (χ2v) is 4.20. The molecule has 0 aliphatic heterocycles. The van der Waals surface area contributed by atoms with Gasteiger partial charge in [-0.1, -0.05) is 29.1 Å². The molecule has 0 aromatic heterocycles. The van der Waals surface area contributed by atoms with E-state index in [1.165, 1.54) is 11.9 Å². The van der Waals surface area contributed by atoms with Gasteiger partial charge in [-0.2, -0.15) is 0 Å². The van der Waals surface area contributed by atoms with Gasteiger partial charge in [0.25, 0.3) is 11.6 Å². The first-order chi connectivity index (χ1) is 8.38. The topological polar surface area (TPSA) is 63.5 Å². The monoisotopic (exact) mass is 286 g/mol. The van der Waals surface area contributed by atoms with Gasteiger partial charge in [-0.3, -0.25) is 14.9 Å². The lowest BCUT2D eigenvalue weighted by Crippen LogP contribution is -2.27. The van der Waals surface area contributed by atoms with Crippen molar-refractivity contribution in [1.29, 1.82) is 0 Å². The minimum absolute atomic E-state index is 0.0314. The molecule has 0 unspecified atom stereocenters. The largest absolute Gasteiger partial charge is 0.331 e. The SMILES string of the molecule is C#CCN(C)C(=O)c1cc([N+](=O)[O-])cc(Cl)c1Cl. The maximum atomic E-state index is 11.9. The zero-order chi connectivity index (χ0) is 13.9. The van der Waals surface area contributed by atoms with Crippen molar-refractivity contribution in [2.75, 3.05) is 13.6 Å². The fourth-order valence-corrected chi connectivity index (χ4v) is 1.65. The van der Waals surface area contributed by atoms with Crippen molar-refractivity contribution >= 4 is 34.8 Å². The Balaban J connectivity index is 3.28. The molecule has 0 aliphatic carbocycles. The van der Waals surface area contributed by atoms with Crippen molar-refractivity contribution in [2.45, 2.75) is 0 Å². The van der Waals surface area contributed by atoms with Gasteiger partial charge in [0.05, 0.1) is 27.1 Å². The molecule has 1 aromatic rings. The maximum absolute atomic E-state index is 11.9. The minimum atomic E-state index is -0.653. The predicted octanol–water partition coefficient (Wildman–Crippen LogP) is 2.61. The third-order valence-electron chi connectivity index (χ3n) is 2.13. The van der Waals surface area contributed by atoms with Crippen LogP contribution in [0.4, 0.5) is 5.69 Å². The quantitative estimate of drug-likeness (QED) is 0.487. The number of carbonyl (C=O) groups excluding carboxylic acids is 1. The molecule has 0 radical (unpaired) electrons. The van der Waals surface area contributed by atoms with Crippen LogP contribution in [0.2, 0.25) is 10.0 Å². The van der Waals surface area contributed by atoms with Crippen LogP contribution in [0, 0.1) is 22.5 Å². The van der Waals surface area contributed by atoms with Crippen LogP contribution in [-0.2, 0) is 0 Å². The van der Waals surface area contributed by atoms with E-state index in [0.29, 0.717) is 0 Å². The van der Waals surface area contributed by atoms with Crippen molar-refractivity contribution in [3.05, 3.63) is 37.9 Å². The van der Waals surface area contributed by atoms with E-state index in [-0.39, 0.29) is 27.8 Å². The summed E-state index contributed by atoms with van der Waals surface area (Å²) in [7, 11) is 1.46. The molecular formula is C11H8Cl2N2O3. The Hall–Kier alpha value is -1.77. The number of hydrogen-bond acceptors (Lipinski definition) is 3. The van der Waals surface area contributed by atoms with Crippen LogP contribution in [0.15, 0.2) is 12.1 Å². The van der Waals surface area contributed by atoms with Gasteiger partial charge < -0.3 is 4.90 Å². The first kappa shape index (κ1) is 14.3. The molecule has 0 saturated heterocycles. The molecule has 94 valence electrons. The fourth-order valence-electron chi connectivity index (χ4n) is 1.25. The van der Waals surface area contributed by atoms with Gasteiger partial charge in [0, 0.05) is 19.2 Å². The summed E-state index contributed by atoms with van der Waals surface area (Å²) in [6.45, 7) is 0.0650. The molecule has 0 saturated carbocycles. The summed E-state index contributed by atoms with van der Waals surface area (Å²) in [5, 5.41) is 10.6. The fraction of sp³-hybridized carbons (Fsp3) is 0.182. The lowest BCUT2D eigenvalue weighted by Gasteiger charge is -2.15. The average Bonchev–Trinajstić information content (AvgIpc) is 2.31. The Morgan fingerprint density at radius 1 is 1.56 bits per heavy atom. The van der Waals surface area contributed by atoms with Crippen LogP contribution in [0.1, 0.15) is 10.4 Å². The average molecular weight is 287 g/mol. The maximum Gasteiger partial charge on any atom is 0.271 e. The first-order valence-electron chi connectivity index (χ1n) is 4.70. The number of amides is 1. The second kappa shape index (κ2) is 5.71. The number of benzene rings is 1. The van der Waals surface area contributed by atoms with Crippen LogP contribution in [-0.4, -0.2) is 29.3 Å². The summed E-state index contributed by atoms with van der Waals surface area (Å²) in [5.74, 6) is 1.76. The zero-order valence-corrected chi connectivity index (χ0v) is 10.8. The normalized spacial score (nSPS) is 9.67. The van der Waals surface area contributed by atoms with Gasteiger partial charge in [0.2, 0.25) is 0 Å². The van der Waals surface area contributed by atoms with E-state index in [2.05, 4.69) is 5.92 Å². The molecule has 7 heteroatoms. The van der Waals surface area contributed by atoms with E-state index in [1.54, 1.807) is 0 Å². The van der Waals surface area contributed by atoms with Crippen molar-refractivity contribution in [3.8, 4) is 12.3 Å². The van der Waals surface area contributed by atoms with Crippen LogP contribution in [0.25, 0.3) is 0 Å². The highest BCUT2D eigenvalue weighted by Gasteiger charge is 2.21. The summed E-state index contributed by atoms with van der Waals surface area (Å²) in [4.78, 5) is 23.2. The van der Waals surface area contributed by atoms with Crippen molar-refractivity contribution < 1.29 is 9.72 Å². The van der Waals surface area contributed by atoms with Crippen LogP contribution in [0.5, 0.6) is 0 Å². The van der Waals surface area contributed by atoms with Crippen LogP contribution < -0.4 is 0 Å². The number of non-ortho nitro benzene ring substituents is 1. The number of halogens is 2. The number of nitro groups is 1. The standard InChI is InChI=1S/C11H8Cl2N2O3/c1-3-4-14(2)11(16)8-5-7(15(17)18)6-9(12)10(8)13/h1,5-6H,4H2,2H3. The highest BCUT2D eigenvalue weighted by molar-refractivity contribution is 6.44. The molecule has 1 rings (SSSR count). The lowest BCUT2D eigenvalue weighted by atomic mass is 10.1. The Kier molecular flexibility index (Phi) is 4.54. The molecule has 0 fully saturated rings. The van der Waals surface area contributed by atoms with E-state index in [1.807, 2.05) is 0 Å². The minimum Gasteiger partial charge on any atom is -0.331 e. The molecule has 0 atom stereocenters. The molecule has 0 spiro atoms. The summed E-state index contributed by atoms with van der Waals surface area (Å²) < 4.78 is 0. The molecular weight excluding hydrogens is 279 g/mol. The lowest BCUT2D eigenvalue weighted by molar-refractivity contribution is -0.384. The van der Waals surface area contributed by atoms with Gasteiger partial charge >= 0.3 is 0 Å². The predicted molar refractivity (Wildman–Crippen MR) is 68.9 cm³/mol. The molecule has 0 N–H and O–H groups in total. The number of nitrogens with zero attached hydrogens (tertiary/aromatic N) is 2. The summed E-state index contributed by atoms with van der Waals surface area (Å²) >= 11 is 11.6. The summed E-state index contributed by atoms with van der Waals surface area (Å²) in [5.41, 5.74) is -0.351.